The van der Waals surface area contributed by atoms with E-state index in [0.29, 0.717) is 11.4 Å². The summed E-state index contributed by atoms with van der Waals surface area (Å²) in [5, 5.41) is 7.49. The average molecular weight is 232 g/mol. The zero-order valence-electron chi connectivity index (χ0n) is 9.97. The second-order valence-corrected chi connectivity index (χ2v) is 3.60. The highest BCUT2D eigenvalue weighted by atomic mass is 16.5. The highest BCUT2D eigenvalue weighted by Crippen LogP contribution is 2.30. The van der Waals surface area contributed by atoms with Crippen molar-refractivity contribution in [3.8, 4) is 5.75 Å². The van der Waals surface area contributed by atoms with Crippen molar-refractivity contribution in [1.29, 1.82) is 0 Å². The Morgan fingerprint density at radius 1 is 1.41 bits per heavy atom. The van der Waals surface area contributed by atoms with Gasteiger partial charge in [-0.2, -0.15) is 5.10 Å². The molecule has 2 aromatic rings. The van der Waals surface area contributed by atoms with Gasteiger partial charge in [0.2, 0.25) is 0 Å². The first-order valence-corrected chi connectivity index (χ1v) is 5.47. The van der Waals surface area contributed by atoms with Gasteiger partial charge >= 0.3 is 0 Å². The van der Waals surface area contributed by atoms with Gasteiger partial charge in [0.15, 0.2) is 5.82 Å². The molecule has 0 aliphatic heterocycles. The molecule has 0 bridgehead atoms. The standard InChI is InChI=1S/C12H16N4O/c1-3-16-8-7-11(15-16)14-9-5-4-6-10(17-2)12(9)13/h4-8H,3,13H2,1-2H3,(H,14,15). The summed E-state index contributed by atoms with van der Waals surface area (Å²) in [4.78, 5) is 0. The van der Waals surface area contributed by atoms with Crippen LogP contribution in [-0.4, -0.2) is 16.9 Å². The summed E-state index contributed by atoms with van der Waals surface area (Å²) in [6, 6.07) is 7.50. The number of aromatic nitrogens is 2. The summed E-state index contributed by atoms with van der Waals surface area (Å²) in [6.45, 7) is 2.88. The van der Waals surface area contributed by atoms with Crippen molar-refractivity contribution in [2.24, 2.45) is 0 Å². The van der Waals surface area contributed by atoms with Crippen molar-refractivity contribution in [2.75, 3.05) is 18.2 Å². The van der Waals surface area contributed by atoms with E-state index < -0.39 is 0 Å². The lowest BCUT2D eigenvalue weighted by molar-refractivity contribution is 0.417. The molecule has 17 heavy (non-hydrogen) atoms. The monoisotopic (exact) mass is 232 g/mol. The molecule has 0 aliphatic carbocycles. The summed E-state index contributed by atoms with van der Waals surface area (Å²) in [7, 11) is 1.60. The summed E-state index contributed by atoms with van der Waals surface area (Å²) >= 11 is 0. The molecule has 90 valence electrons. The van der Waals surface area contributed by atoms with Gasteiger partial charge in [-0.1, -0.05) is 6.07 Å². The van der Waals surface area contributed by atoms with E-state index in [1.165, 1.54) is 0 Å². The van der Waals surface area contributed by atoms with Crippen molar-refractivity contribution in [3.05, 3.63) is 30.5 Å². The van der Waals surface area contributed by atoms with Gasteiger partial charge in [-0.25, -0.2) is 0 Å². The van der Waals surface area contributed by atoms with E-state index in [9.17, 15) is 0 Å². The van der Waals surface area contributed by atoms with Crippen LogP contribution in [-0.2, 0) is 6.54 Å². The Morgan fingerprint density at radius 2 is 2.24 bits per heavy atom. The molecule has 0 aliphatic rings. The molecule has 5 heteroatoms. The van der Waals surface area contributed by atoms with Crippen LogP contribution in [0.15, 0.2) is 30.5 Å². The van der Waals surface area contributed by atoms with Gasteiger partial charge in [0, 0.05) is 18.8 Å². The van der Waals surface area contributed by atoms with Crippen molar-refractivity contribution in [3.63, 3.8) is 0 Å². The van der Waals surface area contributed by atoms with E-state index in [1.807, 2.05) is 42.1 Å². The van der Waals surface area contributed by atoms with Gasteiger partial charge in [0.05, 0.1) is 18.5 Å². The number of hydrogen-bond acceptors (Lipinski definition) is 4. The van der Waals surface area contributed by atoms with Crippen LogP contribution in [0.3, 0.4) is 0 Å². The maximum atomic E-state index is 5.96. The molecule has 1 aromatic heterocycles. The third kappa shape index (κ3) is 2.33. The molecular formula is C12H16N4O. The smallest absolute Gasteiger partial charge is 0.152 e. The van der Waals surface area contributed by atoms with E-state index in [1.54, 1.807) is 7.11 Å². The molecule has 0 fully saturated rings. The molecule has 3 N–H and O–H groups in total. The molecule has 0 spiro atoms. The minimum absolute atomic E-state index is 0.584. The number of aryl methyl sites for hydroxylation is 1. The predicted octanol–water partition coefficient (Wildman–Crippen LogP) is 2.24. The fourth-order valence-corrected chi connectivity index (χ4v) is 1.57. The first-order chi connectivity index (χ1) is 8.24. The number of nitrogens with two attached hydrogens (primary N) is 1. The largest absolute Gasteiger partial charge is 0.495 e. The Labute approximate surface area is 100 Å². The van der Waals surface area contributed by atoms with Gasteiger partial charge in [-0.15, -0.1) is 0 Å². The predicted molar refractivity (Wildman–Crippen MR) is 68.6 cm³/mol. The number of ether oxygens (including phenoxy) is 1. The van der Waals surface area contributed by atoms with Gasteiger partial charge in [-0.3, -0.25) is 4.68 Å². The minimum atomic E-state index is 0.584. The highest BCUT2D eigenvalue weighted by Gasteiger charge is 2.06. The van der Waals surface area contributed by atoms with Gasteiger partial charge in [-0.05, 0) is 19.1 Å². The number of para-hydroxylation sites is 1. The van der Waals surface area contributed by atoms with Crippen LogP contribution >= 0.6 is 0 Å². The maximum Gasteiger partial charge on any atom is 0.152 e. The zero-order valence-corrected chi connectivity index (χ0v) is 9.97. The highest BCUT2D eigenvalue weighted by molar-refractivity contribution is 5.76. The van der Waals surface area contributed by atoms with Crippen LogP contribution < -0.4 is 15.8 Å². The van der Waals surface area contributed by atoms with Crippen molar-refractivity contribution in [1.82, 2.24) is 9.78 Å². The summed E-state index contributed by atoms with van der Waals surface area (Å²) < 4.78 is 7.01. The second kappa shape index (κ2) is 4.78. The third-order valence-corrected chi connectivity index (χ3v) is 2.51. The molecule has 2 rings (SSSR count). The number of rotatable bonds is 4. The normalized spacial score (nSPS) is 10.2. The van der Waals surface area contributed by atoms with Gasteiger partial charge < -0.3 is 15.8 Å². The topological polar surface area (TPSA) is 65.1 Å². The van der Waals surface area contributed by atoms with E-state index >= 15 is 0 Å². The van der Waals surface area contributed by atoms with Crippen molar-refractivity contribution < 1.29 is 4.74 Å². The van der Waals surface area contributed by atoms with Gasteiger partial charge in [0.1, 0.15) is 5.75 Å². The number of nitrogens with zero attached hydrogens (tertiary/aromatic N) is 2. The average Bonchev–Trinajstić information content (AvgIpc) is 2.79. The van der Waals surface area contributed by atoms with Crippen LogP contribution in [0.1, 0.15) is 6.92 Å². The summed E-state index contributed by atoms with van der Waals surface area (Å²) in [6.07, 6.45) is 1.92. The molecule has 0 amide bonds. The lowest BCUT2D eigenvalue weighted by Crippen LogP contribution is -2.00. The van der Waals surface area contributed by atoms with Gasteiger partial charge in [0.25, 0.3) is 0 Å². The Hall–Kier alpha value is -2.17. The molecule has 0 radical (unpaired) electrons. The van der Waals surface area contributed by atoms with Crippen LogP contribution in [0.25, 0.3) is 0 Å². The molecule has 5 nitrogen and oxygen atoms in total. The van der Waals surface area contributed by atoms with Crippen molar-refractivity contribution in [2.45, 2.75) is 13.5 Å². The number of hydrogen-bond donors (Lipinski definition) is 2. The second-order valence-electron chi connectivity index (χ2n) is 3.60. The number of nitrogens with one attached hydrogen (secondary N) is 1. The lowest BCUT2D eigenvalue weighted by atomic mass is 10.2. The van der Waals surface area contributed by atoms with Crippen LogP contribution in [0.5, 0.6) is 5.75 Å². The Morgan fingerprint density at radius 3 is 2.88 bits per heavy atom. The molecule has 0 saturated carbocycles. The molecule has 1 aromatic carbocycles. The quantitative estimate of drug-likeness (QED) is 0.793. The summed E-state index contributed by atoms with van der Waals surface area (Å²) in [5.74, 6) is 1.43. The number of anilines is 3. The first-order valence-electron chi connectivity index (χ1n) is 5.47. The van der Waals surface area contributed by atoms with E-state index in [-0.39, 0.29) is 0 Å². The molecule has 0 saturated heterocycles. The maximum absolute atomic E-state index is 5.96. The Kier molecular flexibility index (Phi) is 3.18. The number of methoxy groups -OCH3 is 1. The number of nitrogen functional groups attached to an aromatic ring is 1. The van der Waals surface area contributed by atoms with Crippen LogP contribution in [0.4, 0.5) is 17.2 Å². The molecule has 0 atom stereocenters. The van der Waals surface area contributed by atoms with E-state index in [2.05, 4.69) is 10.4 Å². The number of benzene rings is 1. The third-order valence-electron chi connectivity index (χ3n) is 2.51. The Bertz CT molecular complexity index is 507. The molecule has 0 unspecified atom stereocenters. The lowest BCUT2D eigenvalue weighted by Gasteiger charge is -2.10. The van der Waals surface area contributed by atoms with Crippen LogP contribution in [0, 0.1) is 0 Å². The Balaban J connectivity index is 2.23. The SMILES string of the molecule is CCn1ccc(Nc2cccc(OC)c2N)n1. The fraction of sp³-hybridized carbons (Fsp3) is 0.250. The molecular weight excluding hydrogens is 216 g/mol. The zero-order chi connectivity index (χ0) is 12.3. The van der Waals surface area contributed by atoms with E-state index in [0.717, 1.165) is 18.1 Å². The summed E-state index contributed by atoms with van der Waals surface area (Å²) in [5.41, 5.74) is 7.34. The molecule has 1 heterocycles. The van der Waals surface area contributed by atoms with E-state index in [4.69, 9.17) is 10.5 Å². The van der Waals surface area contributed by atoms with Crippen LogP contribution in [0.2, 0.25) is 0 Å². The van der Waals surface area contributed by atoms with Crippen molar-refractivity contribution >= 4 is 17.2 Å². The fourth-order valence-electron chi connectivity index (χ4n) is 1.57. The minimum Gasteiger partial charge on any atom is -0.495 e. The first kappa shape index (κ1) is 11.3.